The first-order valence-corrected chi connectivity index (χ1v) is 5.71. The van der Waals surface area contributed by atoms with Gasteiger partial charge < -0.3 is 11.1 Å². The molecule has 0 aromatic carbocycles. The number of carbonyl (C=O) groups is 1. The summed E-state index contributed by atoms with van der Waals surface area (Å²) in [6.07, 6.45) is 0.420. The van der Waals surface area contributed by atoms with Gasteiger partial charge in [-0.05, 0) is 27.7 Å². The molecule has 0 rings (SSSR count). The quantitative estimate of drug-likeness (QED) is 0.653. The molecule has 0 fully saturated rings. The van der Waals surface area contributed by atoms with Crippen molar-refractivity contribution in [3.05, 3.63) is 0 Å². The summed E-state index contributed by atoms with van der Waals surface area (Å²) in [6, 6.07) is 1.02. The van der Waals surface area contributed by atoms with Crippen LogP contribution in [0.4, 0.5) is 0 Å². The van der Waals surface area contributed by atoms with Gasteiger partial charge in [0.25, 0.3) is 0 Å². The van der Waals surface area contributed by atoms with Gasteiger partial charge in [-0.2, -0.15) is 0 Å². The first kappa shape index (κ1) is 14.4. The number of nitrogens with zero attached hydrogens (tertiary/aromatic N) is 1. The van der Waals surface area contributed by atoms with Gasteiger partial charge >= 0.3 is 0 Å². The van der Waals surface area contributed by atoms with Crippen LogP contribution in [-0.4, -0.2) is 42.5 Å². The molecule has 0 radical (unpaired) electrons. The van der Waals surface area contributed by atoms with E-state index in [2.05, 4.69) is 37.9 Å². The Morgan fingerprint density at radius 1 is 1.27 bits per heavy atom. The summed E-state index contributed by atoms with van der Waals surface area (Å²) in [5, 5.41) is 2.86. The largest absolute Gasteiger partial charge is 0.355 e. The van der Waals surface area contributed by atoms with Crippen LogP contribution in [0.1, 0.15) is 34.1 Å². The van der Waals surface area contributed by atoms with Gasteiger partial charge in [0, 0.05) is 38.1 Å². The van der Waals surface area contributed by atoms with Crippen LogP contribution in [0.15, 0.2) is 0 Å². The molecule has 0 unspecified atom stereocenters. The van der Waals surface area contributed by atoms with Crippen LogP contribution in [0.5, 0.6) is 0 Å². The van der Waals surface area contributed by atoms with Gasteiger partial charge in [-0.1, -0.05) is 0 Å². The minimum Gasteiger partial charge on any atom is -0.355 e. The maximum atomic E-state index is 11.2. The molecule has 0 aromatic rings. The maximum absolute atomic E-state index is 11.2. The normalized spacial score (nSPS) is 11.5. The Morgan fingerprint density at radius 2 is 1.80 bits per heavy atom. The monoisotopic (exact) mass is 215 g/mol. The molecule has 0 aromatic heterocycles. The van der Waals surface area contributed by atoms with Crippen molar-refractivity contribution >= 4 is 5.91 Å². The van der Waals surface area contributed by atoms with Crippen molar-refractivity contribution in [1.29, 1.82) is 0 Å². The molecule has 0 aliphatic heterocycles. The first-order chi connectivity index (χ1) is 6.99. The first-order valence-electron chi connectivity index (χ1n) is 5.71. The van der Waals surface area contributed by atoms with E-state index in [0.29, 0.717) is 31.6 Å². The summed E-state index contributed by atoms with van der Waals surface area (Å²) < 4.78 is 0. The predicted octanol–water partition coefficient (Wildman–Crippen LogP) is 0.570. The molecule has 1 amide bonds. The van der Waals surface area contributed by atoms with E-state index in [1.165, 1.54) is 0 Å². The summed E-state index contributed by atoms with van der Waals surface area (Å²) in [5.74, 6) is 0.0463. The molecule has 4 nitrogen and oxygen atoms in total. The van der Waals surface area contributed by atoms with Crippen LogP contribution >= 0.6 is 0 Å². The number of rotatable bonds is 7. The lowest BCUT2D eigenvalue weighted by molar-refractivity contribution is -0.121. The highest BCUT2D eigenvalue weighted by Crippen LogP contribution is 2.03. The number of hydrogen-bond acceptors (Lipinski definition) is 3. The van der Waals surface area contributed by atoms with Gasteiger partial charge in [0.2, 0.25) is 5.91 Å². The molecule has 90 valence electrons. The van der Waals surface area contributed by atoms with E-state index in [1.807, 2.05) is 0 Å². The highest BCUT2D eigenvalue weighted by Gasteiger charge is 2.12. The Morgan fingerprint density at radius 3 is 2.20 bits per heavy atom. The molecule has 0 aliphatic rings. The Bertz CT molecular complexity index is 173. The molecule has 0 spiro atoms. The molecule has 0 heterocycles. The summed E-state index contributed by atoms with van der Waals surface area (Å²) in [7, 11) is 0. The minimum absolute atomic E-state index is 0.0463. The second kappa shape index (κ2) is 7.65. The summed E-state index contributed by atoms with van der Waals surface area (Å²) in [4.78, 5) is 13.5. The van der Waals surface area contributed by atoms with Crippen molar-refractivity contribution < 1.29 is 4.79 Å². The second-order valence-electron chi connectivity index (χ2n) is 4.31. The topological polar surface area (TPSA) is 58.4 Å². The van der Waals surface area contributed by atoms with Crippen LogP contribution in [0.25, 0.3) is 0 Å². The van der Waals surface area contributed by atoms with Gasteiger partial charge in [0.1, 0.15) is 0 Å². The molecule has 4 heteroatoms. The minimum atomic E-state index is 0.0463. The fourth-order valence-corrected chi connectivity index (χ4v) is 1.66. The predicted molar refractivity (Wildman–Crippen MR) is 63.7 cm³/mol. The van der Waals surface area contributed by atoms with Gasteiger partial charge in [-0.25, -0.2) is 0 Å². The van der Waals surface area contributed by atoms with Crippen molar-refractivity contribution in [2.75, 3.05) is 19.6 Å². The Hall–Kier alpha value is -0.610. The second-order valence-corrected chi connectivity index (χ2v) is 4.31. The van der Waals surface area contributed by atoms with E-state index in [-0.39, 0.29) is 5.91 Å². The van der Waals surface area contributed by atoms with E-state index in [1.54, 1.807) is 0 Å². The highest BCUT2D eigenvalue weighted by molar-refractivity contribution is 5.75. The molecule has 0 atom stereocenters. The highest BCUT2D eigenvalue weighted by atomic mass is 16.1. The zero-order chi connectivity index (χ0) is 11.8. The average Bonchev–Trinajstić information content (AvgIpc) is 2.11. The third-order valence-electron chi connectivity index (χ3n) is 2.39. The van der Waals surface area contributed by atoms with Crippen LogP contribution in [0.3, 0.4) is 0 Å². The molecule has 0 saturated carbocycles. The van der Waals surface area contributed by atoms with Gasteiger partial charge in [-0.3, -0.25) is 9.69 Å². The lowest BCUT2D eigenvalue weighted by Crippen LogP contribution is -2.42. The van der Waals surface area contributed by atoms with E-state index in [4.69, 9.17) is 5.73 Å². The van der Waals surface area contributed by atoms with E-state index in [9.17, 15) is 4.79 Å². The Balaban J connectivity index is 3.76. The SMILES string of the molecule is CC(C)N(CCNC(=O)CCN)C(C)C. The number of carbonyl (C=O) groups excluding carboxylic acids is 1. The number of nitrogens with one attached hydrogen (secondary N) is 1. The van der Waals surface area contributed by atoms with E-state index < -0.39 is 0 Å². The van der Waals surface area contributed by atoms with Gasteiger partial charge in [0.15, 0.2) is 0 Å². The summed E-state index contributed by atoms with van der Waals surface area (Å²) in [5.41, 5.74) is 5.29. The fraction of sp³-hybridized carbons (Fsp3) is 0.909. The average molecular weight is 215 g/mol. The molecule has 3 N–H and O–H groups in total. The van der Waals surface area contributed by atoms with Crippen LogP contribution < -0.4 is 11.1 Å². The van der Waals surface area contributed by atoms with Crippen molar-refractivity contribution in [2.24, 2.45) is 5.73 Å². The number of nitrogens with two attached hydrogens (primary N) is 1. The molecule has 0 aliphatic carbocycles. The zero-order valence-electron chi connectivity index (χ0n) is 10.4. The van der Waals surface area contributed by atoms with Crippen molar-refractivity contribution in [3.8, 4) is 0 Å². The lowest BCUT2D eigenvalue weighted by atomic mass is 10.2. The standard InChI is InChI=1S/C11H25N3O/c1-9(2)14(10(3)4)8-7-13-11(15)5-6-12/h9-10H,5-8,12H2,1-4H3,(H,13,15). The Kier molecular flexibility index (Phi) is 7.34. The van der Waals surface area contributed by atoms with Crippen LogP contribution in [0.2, 0.25) is 0 Å². The third kappa shape index (κ3) is 6.47. The molecular weight excluding hydrogens is 190 g/mol. The fourth-order valence-electron chi connectivity index (χ4n) is 1.66. The van der Waals surface area contributed by atoms with Crippen molar-refractivity contribution in [3.63, 3.8) is 0 Å². The molecular formula is C11H25N3O. The summed E-state index contributed by atoms with van der Waals surface area (Å²) in [6.45, 7) is 10.7. The van der Waals surface area contributed by atoms with Gasteiger partial charge in [-0.15, -0.1) is 0 Å². The van der Waals surface area contributed by atoms with Gasteiger partial charge in [0.05, 0.1) is 0 Å². The zero-order valence-corrected chi connectivity index (χ0v) is 10.4. The molecule has 15 heavy (non-hydrogen) atoms. The van der Waals surface area contributed by atoms with Crippen LogP contribution in [-0.2, 0) is 4.79 Å². The smallest absolute Gasteiger partial charge is 0.221 e. The van der Waals surface area contributed by atoms with Crippen molar-refractivity contribution in [2.45, 2.75) is 46.2 Å². The van der Waals surface area contributed by atoms with Crippen molar-refractivity contribution in [1.82, 2.24) is 10.2 Å². The van der Waals surface area contributed by atoms with Crippen LogP contribution in [0, 0.1) is 0 Å². The lowest BCUT2D eigenvalue weighted by Gasteiger charge is -2.30. The molecule has 0 saturated heterocycles. The summed E-state index contributed by atoms with van der Waals surface area (Å²) >= 11 is 0. The number of hydrogen-bond donors (Lipinski definition) is 2. The third-order valence-corrected chi connectivity index (χ3v) is 2.39. The molecule has 0 bridgehead atoms. The van der Waals surface area contributed by atoms with E-state index >= 15 is 0 Å². The Labute approximate surface area is 93.2 Å². The van der Waals surface area contributed by atoms with E-state index in [0.717, 1.165) is 6.54 Å². The number of amides is 1. The maximum Gasteiger partial charge on any atom is 0.221 e.